The van der Waals surface area contributed by atoms with Crippen LogP contribution in [0, 0.1) is 11.6 Å². The minimum atomic E-state index is -1.10. The molecular weight excluding hydrogens is 503 g/mol. The zero-order chi connectivity index (χ0) is 27.9. The van der Waals surface area contributed by atoms with Crippen LogP contribution in [0.25, 0.3) is 17.2 Å². The molecule has 3 aromatic rings. The van der Waals surface area contributed by atoms with E-state index in [0.717, 1.165) is 28.3 Å². The summed E-state index contributed by atoms with van der Waals surface area (Å²) in [6, 6.07) is 17.7. The number of benzene rings is 3. The molecule has 1 amide bonds. The Bertz CT molecular complexity index is 1390. The highest BCUT2D eigenvalue weighted by atomic mass is 19.1. The summed E-state index contributed by atoms with van der Waals surface area (Å²) >= 11 is 0. The Kier molecular flexibility index (Phi) is 6.99. The van der Waals surface area contributed by atoms with E-state index in [4.69, 9.17) is 14.0 Å². The molecule has 0 unspecified atom stereocenters. The predicted molar refractivity (Wildman–Crippen MR) is 145 cm³/mol. The lowest BCUT2D eigenvalue weighted by Crippen LogP contribution is -2.41. The molecule has 0 saturated carbocycles. The molecule has 0 atom stereocenters. The summed E-state index contributed by atoms with van der Waals surface area (Å²) in [5.41, 5.74) is 3.27. The van der Waals surface area contributed by atoms with Crippen molar-refractivity contribution >= 4 is 19.3 Å². The fourth-order valence-corrected chi connectivity index (χ4v) is 4.92. The standard InChI is InChI=1S/C30H30BF2NO5/c1-29(2)30(3,4)39-31(38-29)19(13-18-14-20(32)15-26(33)27(18)35)16-34-28(36)37-17-25-23-11-7-5-9-21(23)22-10-6-8-12-24(22)25/h5-15,25,35H,16-17H2,1-4H3,(H,34,36). The highest BCUT2D eigenvalue weighted by Gasteiger charge is 2.52. The second-order valence-corrected chi connectivity index (χ2v) is 10.8. The van der Waals surface area contributed by atoms with Crippen LogP contribution in [0.4, 0.5) is 13.6 Å². The molecule has 39 heavy (non-hydrogen) atoms. The third-order valence-corrected chi connectivity index (χ3v) is 7.74. The summed E-state index contributed by atoms with van der Waals surface area (Å²) < 4.78 is 45.8. The number of ether oxygens (including phenoxy) is 1. The van der Waals surface area contributed by atoms with Gasteiger partial charge in [0.1, 0.15) is 12.4 Å². The molecule has 6 nitrogen and oxygen atoms in total. The quantitative estimate of drug-likeness (QED) is 0.368. The molecular formula is C30H30BF2NO5. The van der Waals surface area contributed by atoms with Crippen LogP contribution in [-0.2, 0) is 14.0 Å². The van der Waals surface area contributed by atoms with Crippen LogP contribution >= 0.6 is 0 Å². The third-order valence-electron chi connectivity index (χ3n) is 7.74. The number of hydrogen-bond acceptors (Lipinski definition) is 5. The summed E-state index contributed by atoms with van der Waals surface area (Å²) in [5.74, 6) is -2.77. The molecule has 2 aliphatic rings. The maximum absolute atomic E-state index is 14.0. The molecule has 3 aromatic carbocycles. The monoisotopic (exact) mass is 533 g/mol. The van der Waals surface area contributed by atoms with Gasteiger partial charge >= 0.3 is 13.2 Å². The van der Waals surface area contributed by atoms with Gasteiger partial charge in [-0.05, 0) is 61.5 Å². The smallest absolute Gasteiger partial charge is 0.492 e. The van der Waals surface area contributed by atoms with E-state index in [2.05, 4.69) is 17.4 Å². The first-order valence-electron chi connectivity index (χ1n) is 12.8. The Balaban J connectivity index is 1.33. The number of phenols is 1. The summed E-state index contributed by atoms with van der Waals surface area (Å²) in [6.07, 6.45) is 0.682. The number of alkyl carbamates (subject to hydrolysis) is 1. The van der Waals surface area contributed by atoms with Gasteiger partial charge in [0.2, 0.25) is 0 Å². The van der Waals surface area contributed by atoms with Gasteiger partial charge in [0.25, 0.3) is 0 Å². The van der Waals surface area contributed by atoms with Gasteiger partial charge < -0.3 is 24.5 Å². The summed E-state index contributed by atoms with van der Waals surface area (Å²) in [6.45, 7) is 7.48. The fraction of sp³-hybridized carbons (Fsp3) is 0.300. The minimum absolute atomic E-state index is 0.103. The number of nitrogens with one attached hydrogen (secondary N) is 1. The highest BCUT2D eigenvalue weighted by molar-refractivity contribution is 6.56. The van der Waals surface area contributed by atoms with Crippen molar-refractivity contribution < 1.29 is 32.7 Å². The largest absolute Gasteiger partial charge is 0.504 e. The van der Waals surface area contributed by atoms with E-state index >= 15 is 0 Å². The van der Waals surface area contributed by atoms with Crippen LogP contribution in [0.5, 0.6) is 5.75 Å². The molecule has 1 saturated heterocycles. The van der Waals surface area contributed by atoms with Crippen molar-refractivity contribution in [1.82, 2.24) is 5.32 Å². The van der Waals surface area contributed by atoms with E-state index in [1.165, 1.54) is 6.08 Å². The van der Waals surface area contributed by atoms with E-state index in [-0.39, 0.29) is 24.6 Å². The molecule has 202 valence electrons. The average molecular weight is 533 g/mol. The van der Waals surface area contributed by atoms with Crippen molar-refractivity contribution in [2.24, 2.45) is 0 Å². The number of carbonyl (C=O) groups excluding carboxylic acids is 1. The average Bonchev–Trinajstić information content (AvgIpc) is 3.32. The Morgan fingerprint density at radius 1 is 1.00 bits per heavy atom. The van der Waals surface area contributed by atoms with Gasteiger partial charge in [-0.25, -0.2) is 13.6 Å². The predicted octanol–water partition coefficient (Wildman–Crippen LogP) is 6.22. The molecule has 0 radical (unpaired) electrons. The molecule has 1 heterocycles. The minimum Gasteiger partial charge on any atom is -0.504 e. The van der Waals surface area contributed by atoms with Crippen molar-refractivity contribution in [1.29, 1.82) is 0 Å². The lowest BCUT2D eigenvalue weighted by Gasteiger charge is -2.32. The van der Waals surface area contributed by atoms with Gasteiger partial charge in [-0.2, -0.15) is 0 Å². The first-order valence-corrected chi connectivity index (χ1v) is 12.8. The van der Waals surface area contributed by atoms with Crippen molar-refractivity contribution in [3.05, 3.63) is 94.5 Å². The maximum Gasteiger partial charge on any atom is 0.492 e. The topological polar surface area (TPSA) is 77.0 Å². The number of fused-ring (bicyclic) bond motifs is 3. The van der Waals surface area contributed by atoms with Crippen LogP contribution in [0.2, 0.25) is 0 Å². The number of carbonyl (C=O) groups is 1. The molecule has 1 aliphatic carbocycles. The Labute approximate surface area is 226 Å². The number of aromatic hydroxyl groups is 1. The van der Waals surface area contributed by atoms with Gasteiger partial charge in [-0.1, -0.05) is 54.6 Å². The van der Waals surface area contributed by atoms with E-state index in [9.17, 15) is 18.7 Å². The van der Waals surface area contributed by atoms with Crippen LogP contribution in [-0.4, -0.2) is 42.7 Å². The van der Waals surface area contributed by atoms with Crippen LogP contribution < -0.4 is 5.32 Å². The number of phenolic OH excluding ortho intramolecular Hbond substituents is 1. The van der Waals surface area contributed by atoms with Gasteiger partial charge in [0.15, 0.2) is 11.6 Å². The van der Waals surface area contributed by atoms with E-state index < -0.39 is 41.8 Å². The van der Waals surface area contributed by atoms with Gasteiger partial charge in [-0.15, -0.1) is 0 Å². The van der Waals surface area contributed by atoms with E-state index in [0.29, 0.717) is 11.5 Å². The van der Waals surface area contributed by atoms with Crippen molar-refractivity contribution in [3.8, 4) is 16.9 Å². The molecule has 5 rings (SSSR count). The zero-order valence-electron chi connectivity index (χ0n) is 22.3. The second-order valence-electron chi connectivity index (χ2n) is 10.8. The van der Waals surface area contributed by atoms with Gasteiger partial charge in [-0.3, -0.25) is 0 Å². The van der Waals surface area contributed by atoms with Crippen LogP contribution in [0.15, 0.2) is 66.1 Å². The first-order chi connectivity index (χ1) is 18.5. The summed E-state index contributed by atoms with van der Waals surface area (Å²) in [7, 11) is -0.936. The molecule has 1 fully saturated rings. The Morgan fingerprint density at radius 2 is 1.56 bits per heavy atom. The van der Waals surface area contributed by atoms with Crippen molar-refractivity contribution in [2.75, 3.05) is 13.2 Å². The summed E-state index contributed by atoms with van der Waals surface area (Å²) in [4.78, 5) is 12.8. The van der Waals surface area contributed by atoms with Gasteiger partial charge in [0.05, 0.1) is 11.2 Å². The normalized spacial score (nSPS) is 17.6. The number of hydrogen-bond donors (Lipinski definition) is 2. The molecule has 1 aliphatic heterocycles. The molecule has 2 N–H and O–H groups in total. The lowest BCUT2D eigenvalue weighted by atomic mass is 9.77. The number of amides is 1. The SMILES string of the molecule is CC1(C)OB(C(=Cc2cc(F)cc(F)c2O)CNC(=O)OCC2c3ccccc3-c3ccccc32)OC1(C)C. The molecule has 0 bridgehead atoms. The third kappa shape index (κ3) is 5.16. The first kappa shape index (κ1) is 26.9. The Hall–Kier alpha value is -3.69. The fourth-order valence-electron chi connectivity index (χ4n) is 4.92. The van der Waals surface area contributed by atoms with Crippen molar-refractivity contribution in [2.45, 2.75) is 44.8 Å². The summed E-state index contributed by atoms with van der Waals surface area (Å²) in [5, 5.41) is 12.9. The van der Waals surface area contributed by atoms with Crippen molar-refractivity contribution in [3.63, 3.8) is 0 Å². The van der Waals surface area contributed by atoms with E-state index in [1.54, 1.807) is 0 Å². The zero-order valence-corrected chi connectivity index (χ0v) is 22.3. The van der Waals surface area contributed by atoms with Crippen LogP contribution in [0.1, 0.15) is 50.3 Å². The maximum atomic E-state index is 14.0. The second kappa shape index (κ2) is 10.1. The highest BCUT2D eigenvalue weighted by Crippen LogP contribution is 2.44. The number of halogens is 2. The molecule has 0 spiro atoms. The number of rotatable bonds is 6. The molecule has 0 aromatic heterocycles. The van der Waals surface area contributed by atoms with Gasteiger partial charge in [0, 0.05) is 24.1 Å². The molecule has 9 heteroatoms. The lowest BCUT2D eigenvalue weighted by molar-refractivity contribution is 0.00578. The van der Waals surface area contributed by atoms with Crippen LogP contribution in [0.3, 0.4) is 0 Å². The Morgan fingerprint density at radius 3 is 2.15 bits per heavy atom. The van der Waals surface area contributed by atoms with E-state index in [1.807, 2.05) is 64.1 Å².